The minimum Gasteiger partial charge on any atom is -0.492 e. The number of hydrogen-bond donors (Lipinski definition) is 0. The highest BCUT2D eigenvalue weighted by molar-refractivity contribution is 14.1. The first-order chi connectivity index (χ1) is 21.1. The molecule has 4 aliphatic rings. The number of rotatable bonds is 4. The van der Waals surface area contributed by atoms with Gasteiger partial charge in [-0.25, -0.2) is 0 Å². The van der Waals surface area contributed by atoms with E-state index in [9.17, 15) is 0 Å². The van der Waals surface area contributed by atoms with Crippen molar-refractivity contribution in [2.75, 3.05) is 51.6 Å². The number of alkyl halides is 1. The molecular weight excluding hydrogens is 691 g/mol. The number of fused-ring (bicyclic) bond motifs is 6. The topological polar surface area (TPSA) is 24.9 Å². The summed E-state index contributed by atoms with van der Waals surface area (Å²) in [5.41, 5.74) is 5.51. The van der Waals surface area contributed by atoms with Gasteiger partial charge >= 0.3 is 0 Å². The number of halogens is 1. The summed E-state index contributed by atoms with van der Waals surface area (Å²) < 4.78 is 11.5. The maximum Gasteiger partial charge on any atom is 0.124 e. The Morgan fingerprint density at radius 1 is 0.682 bits per heavy atom. The standard InChI is InChI=1S/2C12H15NO.C10H24SSi.C2H6.CH3I/c2*1-13-7-6-9-10-4-2-3-5-12(10)14-8-11(9)13;1-8(2)12(11-7,9(3)4)10(5)6;2*1-2/h2*2-5,9,11H,6-8H2,1H3;8-10H,1-7H3;1-2H3;1H3. The highest BCUT2D eigenvalue weighted by Gasteiger charge is 2.42. The van der Waals surface area contributed by atoms with Crippen LogP contribution in [0.15, 0.2) is 48.5 Å². The lowest BCUT2D eigenvalue weighted by Gasteiger charge is -2.41. The quantitative estimate of drug-likeness (QED) is 0.176. The number of benzene rings is 2. The zero-order chi connectivity index (χ0) is 33.0. The summed E-state index contributed by atoms with van der Waals surface area (Å²) in [6, 6.07) is 18.1. The Bertz CT molecular complexity index is 1010. The largest absolute Gasteiger partial charge is 0.492 e. The lowest BCUT2D eigenvalue weighted by molar-refractivity contribution is 0.168. The molecule has 2 aromatic carbocycles. The van der Waals surface area contributed by atoms with Crippen molar-refractivity contribution in [1.29, 1.82) is 0 Å². The molecule has 2 fully saturated rings. The fraction of sp³-hybridized carbons (Fsp3) is 0.676. The smallest absolute Gasteiger partial charge is 0.124 e. The second-order valence-corrected chi connectivity index (χ2v) is 22.0. The normalized spacial score (nSPS) is 23.5. The summed E-state index contributed by atoms with van der Waals surface area (Å²) in [7, 11) is 3.31. The van der Waals surface area contributed by atoms with E-state index in [1.54, 1.807) is 0 Å². The summed E-state index contributed by atoms with van der Waals surface area (Å²) in [4.78, 5) is 6.80. The Kier molecular flexibility index (Phi) is 17.2. The zero-order valence-electron chi connectivity index (χ0n) is 29.9. The lowest BCUT2D eigenvalue weighted by Crippen LogP contribution is -2.40. The molecule has 0 aromatic heterocycles. The number of likely N-dealkylation sites (tertiary alicyclic amines) is 2. The van der Waals surface area contributed by atoms with Crippen LogP contribution < -0.4 is 9.47 Å². The highest BCUT2D eigenvalue weighted by atomic mass is 127. The maximum atomic E-state index is 5.77. The van der Waals surface area contributed by atoms with Crippen molar-refractivity contribution in [2.45, 2.75) is 109 Å². The van der Waals surface area contributed by atoms with E-state index < -0.39 is 7.22 Å². The molecule has 7 heteroatoms. The first-order valence-corrected chi connectivity index (χ1v) is 23.2. The van der Waals surface area contributed by atoms with Gasteiger partial charge in [-0.1, -0.05) is 114 Å². The molecule has 6 rings (SSSR count). The van der Waals surface area contributed by atoms with Gasteiger partial charge in [0.15, 0.2) is 0 Å². The molecule has 4 atom stereocenters. The molecule has 0 aliphatic carbocycles. The predicted octanol–water partition coefficient (Wildman–Crippen LogP) is 10.3. The van der Waals surface area contributed by atoms with Crippen LogP contribution in [0.25, 0.3) is 0 Å². The van der Waals surface area contributed by atoms with E-state index in [0.717, 1.165) is 41.3 Å². The van der Waals surface area contributed by atoms with Gasteiger partial charge in [-0.05, 0) is 91.1 Å². The number of ether oxygens (including phenoxy) is 2. The van der Waals surface area contributed by atoms with Crippen molar-refractivity contribution in [3.63, 3.8) is 0 Å². The van der Waals surface area contributed by atoms with Gasteiger partial charge in [0.05, 0.1) is 12.1 Å². The molecular formula is C37H63IN2O2SSi. The third kappa shape index (κ3) is 8.99. The second-order valence-electron chi connectivity index (χ2n) is 13.1. The van der Waals surface area contributed by atoms with Crippen LogP contribution in [0.5, 0.6) is 11.5 Å². The summed E-state index contributed by atoms with van der Waals surface area (Å²) in [5.74, 6) is 3.60. The van der Waals surface area contributed by atoms with Gasteiger partial charge < -0.3 is 9.47 Å². The van der Waals surface area contributed by atoms with Gasteiger partial charge in [0.2, 0.25) is 0 Å². The maximum absolute atomic E-state index is 5.77. The van der Waals surface area contributed by atoms with Gasteiger partial charge in [-0.2, -0.15) is 11.2 Å². The van der Waals surface area contributed by atoms with Crippen LogP contribution in [0.4, 0.5) is 0 Å². The van der Waals surface area contributed by atoms with Gasteiger partial charge in [0.25, 0.3) is 0 Å². The second kappa shape index (κ2) is 19.2. The molecule has 250 valence electrons. The monoisotopic (exact) mass is 754 g/mol. The first kappa shape index (κ1) is 39.4. The summed E-state index contributed by atoms with van der Waals surface area (Å²) in [6.07, 6.45) is 4.87. The van der Waals surface area contributed by atoms with Crippen LogP contribution in [0.1, 0.15) is 91.2 Å². The number of nitrogens with zero attached hydrogens (tertiary/aromatic N) is 2. The van der Waals surface area contributed by atoms with Crippen LogP contribution in [0.3, 0.4) is 0 Å². The van der Waals surface area contributed by atoms with E-state index in [4.69, 9.17) is 9.47 Å². The minimum atomic E-state index is -1.08. The summed E-state index contributed by atoms with van der Waals surface area (Å²) in [6.45, 7) is 22.6. The SMILES string of the molecule is CC.CI.CN1CCC2c3ccccc3OCC21.CN1CCC2c3ccccc3OCC21.CS[Si](C(C)C)(C(C)C)C(C)C. The molecule has 4 unspecified atom stereocenters. The van der Waals surface area contributed by atoms with Crippen LogP contribution in [0.2, 0.25) is 16.6 Å². The molecule has 4 heterocycles. The van der Waals surface area contributed by atoms with Crippen molar-refractivity contribution in [1.82, 2.24) is 9.80 Å². The zero-order valence-corrected chi connectivity index (χ0v) is 33.9. The Hall–Kier alpha value is -0.743. The third-order valence-corrected chi connectivity index (χ3v) is 22.6. The van der Waals surface area contributed by atoms with Gasteiger partial charge in [-0.3, -0.25) is 9.80 Å². The Morgan fingerprint density at radius 3 is 1.32 bits per heavy atom. The molecule has 0 bridgehead atoms. The van der Waals surface area contributed by atoms with E-state index in [1.807, 2.05) is 18.8 Å². The molecule has 0 saturated carbocycles. The molecule has 44 heavy (non-hydrogen) atoms. The number of para-hydroxylation sites is 2. The van der Waals surface area contributed by atoms with Gasteiger partial charge in [-0.15, -0.1) is 0 Å². The number of likely N-dealkylation sites (N-methyl/N-ethyl adjacent to an activating group) is 2. The summed E-state index contributed by atoms with van der Waals surface area (Å²) >= 11 is 4.33. The Morgan fingerprint density at radius 2 is 1.02 bits per heavy atom. The van der Waals surface area contributed by atoms with Crippen LogP contribution in [-0.2, 0) is 0 Å². The average Bonchev–Trinajstić information content (AvgIpc) is 3.62. The molecule has 4 aliphatic heterocycles. The molecule has 0 radical (unpaired) electrons. The molecule has 2 aromatic rings. The van der Waals surface area contributed by atoms with E-state index in [0.29, 0.717) is 23.9 Å². The Labute approximate surface area is 290 Å². The van der Waals surface area contributed by atoms with Gasteiger partial charge in [0.1, 0.15) is 31.9 Å². The predicted molar refractivity (Wildman–Crippen MR) is 207 cm³/mol. The molecule has 2 saturated heterocycles. The van der Waals surface area contributed by atoms with Crippen molar-refractivity contribution in [2.24, 2.45) is 0 Å². The minimum absolute atomic E-state index is 0.602. The van der Waals surface area contributed by atoms with Crippen molar-refractivity contribution in [3.05, 3.63) is 59.7 Å². The van der Waals surface area contributed by atoms with E-state index in [1.165, 1.54) is 37.1 Å². The van der Waals surface area contributed by atoms with Crippen molar-refractivity contribution >= 4 is 41.0 Å². The molecule has 0 spiro atoms. The van der Waals surface area contributed by atoms with Crippen LogP contribution in [-0.4, -0.2) is 80.7 Å². The molecule has 0 amide bonds. The van der Waals surface area contributed by atoms with Crippen LogP contribution in [0, 0.1) is 0 Å². The first-order valence-electron chi connectivity index (χ1n) is 16.9. The van der Waals surface area contributed by atoms with Crippen molar-refractivity contribution in [3.8, 4) is 11.5 Å². The van der Waals surface area contributed by atoms with Gasteiger partial charge in [0, 0.05) is 11.8 Å². The van der Waals surface area contributed by atoms with E-state index >= 15 is 0 Å². The fourth-order valence-corrected chi connectivity index (χ4v) is 17.8. The third-order valence-electron chi connectivity index (χ3n) is 10.2. The van der Waals surface area contributed by atoms with Crippen molar-refractivity contribution < 1.29 is 9.47 Å². The van der Waals surface area contributed by atoms with E-state index in [2.05, 4.69) is 154 Å². The highest BCUT2D eigenvalue weighted by Crippen LogP contribution is 2.48. The molecule has 0 N–H and O–H groups in total. The molecule has 4 nitrogen and oxygen atoms in total. The fourth-order valence-electron chi connectivity index (χ4n) is 8.12. The number of hydrogen-bond acceptors (Lipinski definition) is 5. The average molecular weight is 755 g/mol. The Balaban J connectivity index is 0.000000219. The summed E-state index contributed by atoms with van der Waals surface area (Å²) in [5, 5.41) is 0. The van der Waals surface area contributed by atoms with E-state index in [-0.39, 0.29) is 0 Å². The lowest BCUT2D eigenvalue weighted by atomic mass is 9.89. The van der Waals surface area contributed by atoms with Crippen LogP contribution >= 0.6 is 33.8 Å².